The molecule has 0 saturated carbocycles. The van der Waals surface area contributed by atoms with Gasteiger partial charge < -0.3 is 0 Å². The van der Waals surface area contributed by atoms with Gasteiger partial charge in [-0.3, -0.25) is 4.79 Å². The first-order valence-electron chi connectivity index (χ1n) is 4.01. The van der Waals surface area contributed by atoms with Gasteiger partial charge in [0.15, 0.2) is 0 Å². The van der Waals surface area contributed by atoms with Crippen LogP contribution < -0.4 is 0 Å². The van der Waals surface area contributed by atoms with Crippen molar-refractivity contribution >= 4 is 6.29 Å². The normalized spacial score (nSPS) is 25.7. The molecule has 1 heteroatoms. The standard InChI is InChI=1S/C9H14O/c1-2-8-3-5-9(7-10)6-4-8/h5,7-8H,2-4,6H2,1H3. The topological polar surface area (TPSA) is 17.1 Å². The van der Waals surface area contributed by atoms with E-state index in [0.717, 1.165) is 30.6 Å². The van der Waals surface area contributed by atoms with Crippen LogP contribution >= 0.6 is 0 Å². The van der Waals surface area contributed by atoms with Crippen LogP contribution in [-0.4, -0.2) is 6.29 Å². The van der Waals surface area contributed by atoms with Gasteiger partial charge in [-0.15, -0.1) is 0 Å². The molecule has 0 aliphatic heterocycles. The molecule has 1 rings (SSSR count). The van der Waals surface area contributed by atoms with E-state index in [9.17, 15) is 4.79 Å². The molecule has 0 radical (unpaired) electrons. The fraction of sp³-hybridized carbons (Fsp3) is 0.667. The Morgan fingerprint density at radius 2 is 2.60 bits per heavy atom. The molecule has 1 nitrogen and oxygen atoms in total. The molecule has 0 aromatic rings. The van der Waals surface area contributed by atoms with Crippen LogP contribution in [0.15, 0.2) is 11.6 Å². The molecule has 1 unspecified atom stereocenters. The first-order chi connectivity index (χ1) is 4.86. The quantitative estimate of drug-likeness (QED) is 0.535. The molecule has 0 saturated heterocycles. The third kappa shape index (κ3) is 1.69. The Bertz CT molecular complexity index is 147. The molecular formula is C9H14O. The summed E-state index contributed by atoms with van der Waals surface area (Å²) in [6, 6.07) is 0. The molecule has 0 bridgehead atoms. The van der Waals surface area contributed by atoms with Gasteiger partial charge in [0, 0.05) is 0 Å². The van der Waals surface area contributed by atoms with Crippen LogP contribution in [0.5, 0.6) is 0 Å². The van der Waals surface area contributed by atoms with Gasteiger partial charge in [-0.1, -0.05) is 19.4 Å². The van der Waals surface area contributed by atoms with Crippen LogP contribution in [-0.2, 0) is 4.79 Å². The summed E-state index contributed by atoms with van der Waals surface area (Å²) in [7, 11) is 0. The van der Waals surface area contributed by atoms with Crippen LogP contribution in [0, 0.1) is 5.92 Å². The molecule has 0 amide bonds. The van der Waals surface area contributed by atoms with Crippen LogP contribution in [0.2, 0.25) is 0 Å². The summed E-state index contributed by atoms with van der Waals surface area (Å²) < 4.78 is 0. The maximum Gasteiger partial charge on any atom is 0.145 e. The minimum absolute atomic E-state index is 0.837. The third-order valence-electron chi connectivity index (χ3n) is 2.28. The Balaban J connectivity index is 2.43. The summed E-state index contributed by atoms with van der Waals surface area (Å²) in [4.78, 5) is 10.3. The molecule has 1 aliphatic rings. The van der Waals surface area contributed by atoms with Crippen molar-refractivity contribution in [2.24, 2.45) is 5.92 Å². The maximum absolute atomic E-state index is 10.3. The van der Waals surface area contributed by atoms with Gasteiger partial charge in [0.1, 0.15) is 6.29 Å². The second-order valence-electron chi connectivity index (χ2n) is 2.95. The maximum atomic E-state index is 10.3. The molecule has 56 valence electrons. The van der Waals surface area contributed by atoms with E-state index >= 15 is 0 Å². The first kappa shape index (κ1) is 7.52. The molecule has 0 spiro atoms. The summed E-state index contributed by atoms with van der Waals surface area (Å²) in [6.45, 7) is 2.21. The highest BCUT2D eigenvalue weighted by Crippen LogP contribution is 2.24. The summed E-state index contributed by atoms with van der Waals surface area (Å²) >= 11 is 0. The first-order valence-corrected chi connectivity index (χ1v) is 4.01. The predicted molar refractivity (Wildman–Crippen MR) is 41.8 cm³/mol. The molecule has 0 fully saturated rings. The van der Waals surface area contributed by atoms with Crippen LogP contribution in [0.4, 0.5) is 0 Å². The molecule has 0 aromatic heterocycles. The number of aldehydes is 1. The zero-order valence-corrected chi connectivity index (χ0v) is 6.47. The second kappa shape index (κ2) is 3.55. The van der Waals surface area contributed by atoms with Gasteiger partial charge in [-0.25, -0.2) is 0 Å². The fourth-order valence-electron chi connectivity index (χ4n) is 1.39. The smallest absolute Gasteiger partial charge is 0.145 e. The second-order valence-corrected chi connectivity index (χ2v) is 2.95. The molecule has 10 heavy (non-hydrogen) atoms. The van der Waals surface area contributed by atoms with E-state index in [1.54, 1.807) is 0 Å². The molecule has 0 heterocycles. The fourth-order valence-corrected chi connectivity index (χ4v) is 1.39. The number of allylic oxidation sites excluding steroid dienone is 2. The van der Waals surface area contributed by atoms with E-state index < -0.39 is 0 Å². The van der Waals surface area contributed by atoms with Gasteiger partial charge in [0.05, 0.1) is 0 Å². The third-order valence-corrected chi connectivity index (χ3v) is 2.28. The highest BCUT2D eigenvalue weighted by Gasteiger charge is 2.11. The lowest BCUT2D eigenvalue weighted by atomic mass is 9.88. The van der Waals surface area contributed by atoms with Crippen molar-refractivity contribution in [1.82, 2.24) is 0 Å². The SMILES string of the molecule is CCC1CC=C(C=O)CC1. The highest BCUT2D eigenvalue weighted by atomic mass is 16.1. The zero-order valence-electron chi connectivity index (χ0n) is 6.47. The Labute approximate surface area is 62.1 Å². The lowest BCUT2D eigenvalue weighted by molar-refractivity contribution is -0.105. The monoisotopic (exact) mass is 138 g/mol. The van der Waals surface area contributed by atoms with E-state index in [4.69, 9.17) is 0 Å². The summed E-state index contributed by atoms with van der Waals surface area (Å²) in [5.41, 5.74) is 1.00. The average Bonchev–Trinajstić information content (AvgIpc) is 2.05. The molecule has 0 N–H and O–H groups in total. The lowest BCUT2D eigenvalue weighted by Gasteiger charge is -2.17. The van der Waals surface area contributed by atoms with Crippen molar-refractivity contribution in [2.45, 2.75) is 32.6 Å². The van der Waals surface area contributed by atoms with E-state index in [0.29, 0.717) is 0 Å². The predicted octanol–water partition coefficient (Wildman–Crippen LogP) is 2.32. The highest BCUT2D eigenvalue weighted by molar-refractivity contribution is 5.73. The number of hydrogen-bond donors (Lipinski definition) is 0. The number of carbonyl (C=O) groups is 1. The minimum atomic E-state index is 0.837. The van der Waals surface area contributed by atoms with Gasteiger partial charge in [-0.2, -0.15) is 0 Å². The number of carbonyl (C=O) groups excluding carboxylic acids is 1. The molecular weight excluding hydrogens is 124 g/mol. The van der Waals surface area contributed by atoms with Gasteiger partial charge >= 0.3 is 0 Å². The van der Waals surface area contributed by atoms with Crippen molar-refractivity contribution in [3.05, 3.63) is 11.6 Å². The van der Waals surface area contributed by atoms with Crippen molar-refractivity contribution in [3.8, 4) is 0 Å². The summed E-state index contributed by atoms with van der Waals surface area (Å²) in [5.74, 6) is 0.837. The number of rotatable bonds is 2. The van der Waals surface area contributed by atoms with E-state index in [1.165, 1.54) is 12.8 Å². The lowest BCUT2D eigenvalue weighted by Crippen LogP contribution is -2.04. The molecule has 0 aromatic carbocycles. The summed E-state index contributed by atoms with van der Waals surface area (Å²) in [5, 5.41) is 0. The molecule has 1 aliphatic carbocycles. The number of hydrogen-bond acceptors (Lipinski definition) is 1. The Hall–Kier alpha value is -0.590. The van der Waals surface area contributed by atoms with E-state index in [-0.39, 0.29) is 0 Å². The van der Waals surface area contributed by atoms with E-state index in [1.807, 2.05) is 0 Å². The van der Waals surface area contributed by atoms with Crippen molar-refractivity contribution in [3.63, 3.8) is 0 Å². The Morgan fingerprint density at radius 3 is 3.00 bits per heavy atom. The van der Waals surface area contributed by atoms with Crippen molar-refractivity contribution in [1.29, 1.82) is 0 Å². The zero-order chi connectivity index (χ0) is 7.40. The Morgan fingerprint density at radius 1 is 1.80 bits per heavy atom. The Kier molecular flexibility index (Phi) is 2.67. The summed E-state index contributed by atoms with van der Waals surface area (Å²) in [6.07, 6.45) is 7.66. The average molecular weight is 138 g/mol. The minimum Gasteiger partial charge on any atom is -0.298 e. The van der Waals surface area contributed by atoms with Crippen molar-refractivity contribution < 1.29 is 4.79 Å². The molecule has 1 atom stereocenters. The van der Waals surface area contributed by atoms with Crippen molar-refractivity contribution in [2.75, 3.05) is 0 Å². The van der Waals surface area contributed by atoms with Crippen LogP contribution in [0.25, 0.3) is 0 Å². The van der Waals surface area contributed by atoms with E-state index in [2.05, 4.69) is 13.0 Å². The van der Waals surface area contributed by atoms with Gasteiger partial charge in [0.25, 0.3) is 0 Å². The van der Waals surface area contributed by atoms with Crippen LogP contribution in [0.1, 0.15) is 32.6 Å². The van der Waals surface area contributed by atoms with Crippen LogP contribution in [0.3, 0.4) is 0 Å². The largest absolute Gasteiger partial charge is 0.298 e. The van der Waals surface area contributed by atoms with Gasteiger partial charge in [-0.05, 0) is 30.8 Å². The van der Waals surface area contributed by atoms with Gasteiger partial charge in [0.2, 0.25) is 0 Å².